The number of halogens is 4. The van der Waals surface area contributed by atoms with Gasteiger partial charge in [-0.15, -0.1) is 18.3 Å². The van der Waals surface area contributed by atoms with Crippen molar-refractivity contribution in [1.82, 2.24) is 20.1 Å². The van der Waals surface area contributed by atoms with Gasteiger partial charge in [0.2, 0.25) is 0 Å². The van der Waals surface area contributed by atoms with Gasteiger partial charge in [0, 0.05) is 29.7 Å². The molecule has 2 heterocycles. The Balaban J connectivity index is 1.26. The van der Waals surface area contributed by atoms with Crippen molar-refractivity contribution in [2.45, 2.75) is 26.1 Å². The zero-order valence-electron chi connectivity index (χ0n) is 23.9. The van der Waals surface area contributed by atoms with Crippen LogP contribution in [0.25, 0.3) is 22.6 Å². The van der Waals surface area contributed by atoms with E-state index in [0.717, 1.165) is 11.3 Å². The molecule has 9 nitrogen and oxygen atoms in total. The molecule has 0 bridgehead atoms. The summed E-state index contributed by atoms with van der Waals surface area (Å²) in [6.45, 7) is 4.55. The molecule has 45 heavy (non-hydrogen) atoms. The third-order valence-corrected chi connectivity index (χ3v) is 7.57. The molecular formula is C31H25F4N7O2S. The number of nitriles is 1. The zero-order valence-corrected chi connectivity index (χ0v) is 24.7. The van der Waals surface area contributed by atoms with Crippen molar-refractivity contribution in [1.29, 1.82) is 5.26 Å². The Morgan fingerprint density at radius 2 is 1.87 bits per heavy atom. The van der Waals surface area contributed by atoms with Gasteiger partial charge in [-0.05, 0) is 59.5 Å². The maximum atomic E-state index is 13.9. The molecule has 1 saturated heterocycles. The number of rotatable bonds is 7. The molecule has 5 rings (SSSR count). The van der Waals surface area contributed by atoms with Gasteiger partial charge in [0.1, 0.15) is 24.0 Å². The number of amides is 2. The highest BCUT2D eigenvalue weighted by Gasteiger charge is 2.31. The summed E-state index contributed by atoms with van der Waals surface area (Å²) in [7, 11) is 0. The smallest absolute Gasteiger partial charge is 0.406 e. The molecular weight excluding hydrogens is 610 g/mol. The summed E-state index contributed by atoms with van der Waals surface area (Å²) in [5.41, 5.74) is 3.43. The number of nitrogens with one attached hydrogen (secondary N) is 1. The average Bonchev–Trinajstić information content (AvgIpc) is 3.68. The molecule has 0 aliphatic carbocycles. The van der Waals surface area contributed by atoms with E-state index >= 15 is 0 Å². The van der Waals surface area contributed by atoms with E-state index in [1.54, 1.807) is 30.3 Å². The van der Waals surface area contributed by atoms with Gasteiger partial charge in [-0.25, -0.2) is 18.9 Å². The number of urea groups is 1. The van der Waals surface area contributed by atoms with Crippen LogP contribution >= 0.6 is 11.8 Å². The maximum Gasteiger partial charge on any atom is 0.573 e. The quantitative estimate of drug-likeness (QED) is 0.168. The minimum atomic E-state index is -4.78. The normalized spacial score (nSPS) is 14.6. The highest BCUT2D eigenvalue weighted by Crippen LogP contribution is 2.33. The molecule has 230 valence electrons. The number of carbonyl (C=O) groups is 1. The summed E-state index contributed by atoms with van der Waals surface area (Å²) in [5.74, 6) is 0.452. The van der Waals surface area contributed by atoms with Crippen molar-refractivity contribution in [2.24, 2.45) is 4.99 Å². The molecule has 0 spiro atoms. The second-order valence-electron chi connectivity index (χ2n) is 10.0. The molecule has 4 aromatic rings. The van der Waals surface area contributed by atoms with Crippen LogP contribution in [0.5, 0.6) is 5.75 Å². The van der Waals surface area contributed by atoms with Gasteiger partial charge in [0.05, 0.1) is 11.3 Å². The van der Waals surface area contributed by atoms with E-state index in [1.165, 1.54) is 65.4 Å². The standard InChI is InChI=1S/C31H25F4N7O2S/c1-19(2)26-15-23(32)7-12-27(26)41-13-14-45-30(41)39-29(43)37-17-22(16-36)20-3-5-21(6-4-20)28-38-18-42(40-28)24-8-10-25(11-9-24)44-31(33,34)35/h3-12,15,17-19H,13-14H2,1-2H3,(H,37,43)/b22-17+,39-30?. The molecule has 0 saturated carbocycles. The number of allylic oxidation sites excluding steroid dienone is 1. The number of carbonyl (C=O) groups excluding carboxylic acids is 1. The van der Waals surface area contributed by atoms with Crippen LogP contribution in [-0.2, 0) is 0 Å². The van der Waals surface area contributed by atoms with Crippen LogP contribution in [0.4, 0.5) is 28.0 Å². The van der Waals surface area contributed by atoms with Gasteiger partial charge in [0.15, 0.2) is 11.0 Å². The molecule has 1 N–H and O–H groups in total. The number of anilines is 1. The van der Waals surface area contributed by atoms with Crippen LogP contribution in [0.3, 0.4) is 0 Å². The van der Waals surface area contributed by atoms with Crippen LogP contribution in [0.15, 0.2) is 84.2 Å². The van der Waals surface area contributed by atoms with E-state index < -0.39 is 12.4 Å². The number of ether oxygens (including phenoxy) is 1. The number of aromatic nitrogens is 3. The van der Waals surface area contributed by atoms with Crippen LogP contribution in [-0.4, -0.2) is 44.6 Å². The Morgan fingerprint density at radius 3 is 2.53 bits per heavy atom. The molecule has 0 unspecified atom stereocenters. The lowest BCUT2D eigenvalue weighted by atomic mass is 10.0. The Hall–Kier alpha value is -5.16. The first-order chi connectivity index (χ1) is 21.5. The van der Waals surface area contributed by atoms with Crippen LogP contribution in [0.2, 0.25) is 0 Å². The first kappa shape index (κ1) is 31.3. The van der Waals surface area contributed by atoms with Gasteiger partial charge in [-0.3, -0.25) is 0 Å². The molecule has 0 radical (unpaired) electrons. The minimum absolute atomic E-state index is 0.0675. The number of alkyl halides is 3. The molecule has 1 aliphatic rings. The van der Waals surface area contributed by atoms with Crippen LogP contribution in [0.1, 0.15) is 30.9 Å². The predicted molar refractivity (Wildman–Crippen MR) is 163 cm³/mol. The first-order valence-electron chi connectivity index (χ1n) is 13.6. The third kappa shape index (κ3) is 7.68. The summed E-state index contributed by atoms with van der Waals surface area (Å²) >= 11 is 1.41. The van der Waals surface area contributed by atoms with Gasteiger partial charge in [-0.1, -0.05) is 49.9 Å². The summed E-state index contributed by atoms with van der Waals surface area (Å²) < 4.78 is 56.4. The summed E-state index contributed by atoms with van der Waals surface area (Å²) in [6.07, 6.45) is -2.08. The van der Waals surface area contributed by atoms with E-state index in [1.807, 2.05) is 18.7 Å². The van der Waals surface area contributed by atoms with E-state index in [2.05, 4.69) is 31.2 Å². The van der Waals surface area contributed by atoms with Crippen LogP contribution in [0, 0.1) is 17.1 Å². The minimum Gasteiger partial charge on any atom is -0.406 e. The van der Waals surface area contributed by atoms with E-state index in [-0.39, 0.29) is 23.1 Å². The fourth-order valence-electron chi connectivity index (χ4n) is 4.50. The number of aliphatic imine (C=N–C) groups is 1. The summed E-state index contributed by atoms with van der Waals surface area (Å²) in [6, 6.07) is 17.9. The largest absolute Gasteiger partial charge is 0.573 e. The van der Waals surface area contributed by atoms with Crippen molar-refractivity contribution in [3.63, 3.8) is 0 Å². The van der Waals surface area contributed by atoms with E-state index in [9.17, 15) is 27.6 Å². The van der Waals surface area contributed by atoms with Gasteiger partial charge in [0.25, 0.3) is 0 Å². The van der Waals surface area contributed by atoms with Crippen molar-refractivity contribution in [3.8, 4) is 28.9 Å². The lowest BCUT2D eigenvalue weighted by Crippen LogP contribution is -2.27. The lowest BCUT2D eigenvalue weighted by molar-refractivity contribution is -0.274. The van der Waals surface area contributed by atoms with E-state index in [4.69, 9.17) is 0 Å². The molecule has 3 aromatic carbocycles. The number of nitrogens with zero attached hydrogens (tertiary/aromatic N) is 6. The number of hydrogen-bond donors (Lipinski definition) is 1. The van der Waals surface area contributed by atoms with Crippen molar-refractivity contribution in [2.75, 3.05) is 17.2 Å². The molecule has 0 atom stereocenters. The highest BCUT2D eigenvalue weighted by molar-refractivity contribution is 8.14. The number of amidine groups is 1. The average molecular weight is 636 g/mol. The van der Waals surface area contributed by atoms with Gasteiger partial charge >= 0.3 is 12.4 Å². The Bertz CT molecular complexity index is 1790. The number of thioether (sulfide) groups is 1. The van der Waals surface area contributed by atoms with Crippen molar-refractivity contribution < 1.29 is 27.1 Å². The first-order valence-corrected chi connectivity index (χ1v) is 14.6. The third-order valence-electron chi connectivity index (χ3n) is 6.62. The second-order valence-corrected chi connectivity index (χ2v) is 11.1. The number of hydrogen-bond acceptors (Lipinski definition) is 6. The number of benzene rings is 3. The van der Waals surface area contributed by atoms with Crippen LogP contribution < -0.4 is 15.0 Å². The van der Waals surface area contributed by atoms with Crippen molar-refractivity contribution in [3.05, 3.63) is 96.2 Å². The molecule has 14 heteroatoms. The topological polar surface area (TPSA) is 108 Å². The van der Waals surface area contributed by atoms with Gasteiger partial charge < -0.3 is 15.0 Å². The van der Waals surface area contributed by atoms with Crippen molar-refractivity contribution >= 4 is 34.2 Å². The lowest BCUT2D eigenvalue weighted by Gasteiger charge is -2.23. The second kappa shape index (κ2) is 13.2. The molecule has 1 fully saturated rings. The molecule has 1 aromatic heterocycles. The summed E-state index contributed by atoms with van der Waals surface area (Å²) in [4.78, 5) is 23.0. The Kier molecular flexibility index (Phi) is 9.19. The zero-order chi connectivity index (χ0) is 32.1. The maximum absolute atomic E-state index is 13.9. The SMILES string of the molecule is CC(C)c1cc(F)ccc1N1CCSC1=NC(=O)N/C=C(\C#N)c1ccc(-c2ncn(-c3ccc(OC(F)(F)F)cc3)n2)cc1. The van der Waals surface area contributed by atoms with E-state index in [0.29, 0.717) is 40.1 Å². The van der Waals surface area contributed by atoms with Gasteiger partial charge in [-0.2, -0.15) is 10.3 Å². The molecule has 2 amide bonds. The molecule has 1 aliphatic heterocycles. The Labute approximate surface area is 259 Å². The Morgan fingerprint density at radius 1 is 1.13 bits per heavy atom. The fourth-order valence-corrected chi connectivity index (χ4v) is 5.45. The predicted octanol–water partition coefficient (Wildman–Crippen LogP) is 7.28. The fraction of sp³-hybridized carbons (Fsp3) is 0.194. The highest BCUT2D eigenvalue weighted by atomic mass is 32.2. The summed E-state index contributed by atoms with van der Waals surface area (Å²) in [5, 5.41) is 17.1. The monoisotopic (exact) mass is 635 g/mol.